The number of amides is 1. The van der Waals surface area contributed by atoms with Crippen molar-refractivity contribution >= 4 is 11.6 Å². The molecular weight excluding hydrogens is 344 g/mol. The molecule has 3 rings (SSSR count). The molecule has 6 nitrogen and oxygen atoms in total. The van der Waals surface area contributed by atoms with E-state index in [9.17, 15) is 4.79 Å². The Morgan fingerprint density at radius 2 is 1.78 bits per heavy atom. The van der Waals surface area contributed by atoms with Gasteiger partial charge in [0.1, 0.15) is 23.9 Å². The molecule has 0 fully saturated rings. The van der Waals surface area contributed by atoms with E-state index >= 15 is 0 Å². The molecule has 0 unspecified atom stereocenters. The molecule has 0 aliphatic heterocycles. The van der Waals surface area contributed by atoms with Crippen LogP contribution in [-0.4, -0.2) is 18.2 Å². The fraction of sp³-hybridized carbons (Fsp3) is 0.238. The van der Waals surface area contributed by atoms with Crippen molar-refractivity contribution in [1.82, 2.24) is 5.16 Å². The Bertz CT molecular complexity index is 942. The summed E-state index contributed by atoms with van der Waals surface area (Å²) in [7, 11) is 1.55. The molecule has 0 aliphatic rings. The van der Waals surface area contributed by atoms with Crippen LogP contribution in [0.5, 0.6) is 11.5 Å². The van der Waals surface area contributed by atoms with Gasteiger partial charge in [0.15, 0.2) is 5.69 Å². The lowest BCUT2D eigenvalue weighted by molar-refractivity contribution is 0.101. The lowest BCUT2D eigenvalue weighted by atomic mass is 10.1. The zero-order valence-corrected chi connectivity index (χ0v) is 15.8. The third-order valence-corrected chi connectivity index (χ3v) is 4.32. The van der Waals surface area contributed by atoms with E-state index in [2.05, 4.69) is 10.5 Å². The fourth-order valence-electron chi connectivity index (χ4n) is 2.84. The van der Waals surface area contributed by atoms with Gasteiger partial charge in [-0.3, -0.25) is 4.79 Å². The number of hydrogen-bond donors (Lipinski definition) is 1. The smallest absolute Gasteiger partial charge is 0.278 e. The first-order valence-electron chi connectivity index (χ1n) is 8.59. The topological polar surface area (TPSA) is 73.6 Å². The predicted octanol–water partition coefficient (Wildman–Crippen LogP) is 4.44. The summed E-state index contributed by atoms with van der Waals surface area (Å²) in [5.74, 6) is 1.54. The minimum Gasteiger partial charge on any atom is -0.495 e. The highest BCUT2D eigenvalue weighted by molar-refractivity contribution is 6.04. The van der Waals surface area contributed by atoms with Crippen LogP contribution < -0.4 is 14.8 Å². The van der Waals surface area contributed by atoms with Crippen molar-refractivity contribution in [2.75, 3.05) is 12.4 Å². The van der Waals surface area contributed by atoms with Crippen molar-refractivity contribution in [3.8, 4) is 11.5 Å². The number of aryl methyl sites for hydroxylation is 3. The summed E-state index contributed by atoms with van der Waals surface area (Å²) in [6.45, 7) is 5.92. The molecule has 0 radical (unpaired) electrons. The van der Waals surface area contributed by atoms with E-state index in [1.54, 1.807) is 26.2 Å². The molecule has 1 heterocycles. The minimum absolute atomic E-state index is 0.190. The first-order valence-corrected chi connectivity index (χ1v) is 8.59. The molecule has 6 heteroatoms. The summed E-state index contributed by atoms with van der Waals surface area (Å²) in [6.07, 6.45) is 0. The average Bonchev–Trinajstić information content (AvgIpc) is 3.02. The number of methoxy groups -OCH3 is 1. The zero-order chi connectivity index (χ0) is 19.4. The molecule has 1 amide bonds. The number of benzene rings is 2. The second-order valence-corrected chi connectivity index (χ2v) is 6.23. The van der Waals surface area contributed by atoms with Gasteiger partial charge in [0.05, 0.1) is 18.4 Å². The molecule has 1 aromatic heterocycles. The first kappa shape index (κ1) is 18.5. The summed E-state index contributed by atoms with van der Waals surface area (Å²) in [5.41, 5.74) is 3.44. The maximum absolute atomic E-state index is 12.7. The van der Waals surface area contributed by atoms with Crippen molar-refractivity contribution in [1.29, 1.82) is 0 Å². The second kappa shape index (κ2) is 7.95. The van der Waals surface area contributed by atoms with E-state index in [1.807, 2.05) is 44.2 Å². The van der Waals surface area contributed by atoms with Crippen LogP contribution in [0.4, 0.5) is 5.69 Å². The van der Waals surface area contributed by atoms with E-state index in [1.165, 1.54) is 0 Å². The van der Waals surface area contributed by atoms with E-state index in [0.29, 0.717) is 22.8 Å². The highest BCUT2D eigenvalue weighted by Gasteiger charge is 2.22. The number of aromatic nitrogens is 1. The third-order valence-electron chi connectivity index (χ3n) is 4.32. The number of anilines is 1. The molecule has 0 bridgehead atoms. The number of nitrogens with zero attached hydrogens (tertiary/aromatic N) is 1. The van der Waals surface area contributed by atoms with Gasteiger partial charge in [-0.2, -0.15) is 0 Å². The summed E-state index contributed by atoms with van der Waals surface area (Å²) in [6, 6.07) is 13.1. The van der Waals surface area contributed by atoms with Gasteiger partial charge in [-0.1, -0.05) is 35.5 Å². The van der Waals surface area contributed by atoms with Gasteiger partial charge < -0.3 is 19.3 Å². The van der Waals surface area contributed by atoms with Gasteiger partial charge in [-0.05, 0) is 44.0 Å². The second-order valence-electron chi connectivity index (χ2n) is 6.23. The Hall–Kier alpha value is -3.28. The number of carbonyl (C=O) groups excluding carboxylic acids is 1. The summed E-state index contributed by atoms with van der Waals surface area (Å²) in [4.78, 5) is 12.7. The molecule has 0 saturated heterocycles. The number of rotatable bonds is 6. The molecule has 140 valence electrons. The summed E-state index contributed by atoms with van der Waals surface area (Å²) >= 11 is 0. The number of nitrogens with one attached hydrogen (secondary N) is 1. The van der Waals surface area contributed by atoms with Crippen LogP contribution in [0.1, 0.15) is 32.9 Å². The van der Waals surface area contributed by atoms with Gasteiger partial charge in [-0.25, -0.2) is 0 Å². The van der Waals surface area contributed by atoms with Crippen LogP contribution >= 0.6 is 0 Å². The lowest BCUT2D eigenvalue weighted by Gasteiger charge is -2.12. The van der Waals surface area contributed by atoms with E-state index in [-0.39, 0.29) is 18.2 Å². The highest BCUT2D eigenvalue weighted by atomic mass is 16.5. The number of carbonyl (C=O) groups is 1. The van der Waals surface area contributed by atoms with Crippen LogP contribution in [0, 0.1) is 20.8 Å². The van der Waals surface area contributed by atoms with Gasteiger partial charge in [0, 0.05) is 0 Å². The molecule has 0 aliphatic carbocycles. The lowest BCUT2D eigenvalue weighted by Crippen LogP contribution is -2.16. The van der Waals surface area contributed by atoms with E-state index in [0.717, 1.165) is 16.9 Å². The minimum atomic E-state index is -0.378. The van der Waals surface area contributed by atoms with Gasteiger partial charge in [0.25, 0.3) is 5.91 Å². The Labute approximate surface area is 158 Å². The number of hydrogen-bond acceptors (Lipinski definition) is 5. The number of ether oxygens (including phenoxy) is 2. The van der Waals surface area contributed by atoms with Crippen molar-refractivity contribution in [3.63, 3.8) is 0 Å². The first-order chi connectivity index (χ1) is 13.0. The normalized spacial score (nSPS) is 10.5. The highest BCUT2D eigenvalue weighted by Crippen LogP contribution is 2.27. The predicted molar refractivity (Wildman–Crippen MR) is 102 cm³/mol. The quantitative estimate of drug-likeness (QED) is 0.698. The monoisotopic (exact) mass is 366 g/mol. The Kier molecular flexibility index (Phi) is 5.45. The van der Waals surface area contributed by atoms with E-state index in [4.69, 9.17) is 14.0 Å². The Morgan fingerprint density at radius 3 is 2.48 bits per heavy atom. The Morgan fingerprint density at radius 1 is 1.07 bits per heavy atom. The standard InChI is InChI=1S/C21H22N2O4/c1-13-8-7-9-14(2)20(13)26-12-16-15(3)27-23-19(16)21(24)22-17-10-5-6-11-18(17)25-4/h5-11H,12H2,1-4H3,(H,22,24). The molecule has 0 atom stereocenters. The summed E-state index contributed by atoms with van der Waals surface area (Å²) in [5, 5.41) is 6.73. The van der Waals surface area contributed by atoms with Crippen molar-refractivity contribution < 1.29 is 18.8 Å². The fourth-order valence-corrected chi connectivity index (χ4v) is 2.84. The molecule has 0 saturated carbocycles. The number of para-hydroxylation sites is 3. The SMILES string of the molecule is COc1ccccc1NC(=O)c1noc(C)c1COc1c(C)cccc1C. The van der Waals surface area contributed by atoms with Gasteiger partial charge in [0.2, 0.25) is 0 Å². The van der Waals surface area contributed by atoms with Crippen LogP contribution in [0.25, 0.3) is 0 Å². The van der Waals surface area contributed by atoms with E-state index < -0.39 is 0 Å². The van der Waals surface area contributed by atoms with Crippen molar-refractivity contribution in [3.05, 3.63) is 70.6 Å². The third kappa shape index (κ3) is 3.95. The van der Waals surface area contributed by atoms with Crippen molar-refractivity contribution in [2.24, 2.45) is 0 Å². The zero-order valence-electron chi connectivity index (χ0n) is 15.8. The van der Waals surface area contributed by atoms with Crippen LogP contribution in [0.3, 0.4) is 0 Å². The molecular formula is C21H22N2O4. The van der Waals surface area contributed by atoms with Crippen LogP contribution in [-0.2, 0) is 6.61 Å². The Balaban J connectivity index is 1.81. The average molecular weight is 366 g/mol. The molecule has 27 heavy (non-hydrogen) atoms. The van der Waals surface area contributed by atoms with Gasteiger partial charge >= 0.3 is 0 Å². The van der Waals surface area contributed by atoms with Gasteiger partial charge in [-0.15, -0.1) is 0 Å². The molecule has 2 aromatic carbocycles. The van der Waals surface area contributed by atoms with Crippen LogP contribution in [0.2, 0.25) is 0 Å². The van der Waals surface area contributed by atoms with Crippen molar-refractivity contribution in [2.45, 2.75) is 27.4 Å². The molecule has 3 aromatic rings. The summed E-state index contributed by atoms with van der Waals surface area (Å²) < 4.78 is 16.5. The maximum Gasteiger partial charge on any atom is 0.278 e. The largest absolute Gasteiger partial charge is 0.495 e. The van der Waals surface area contributed by atoms with Crippen LogP contribution in [0.15, 0.2) is 47.0 Å². The molecule has 0 spiro atoms. The maximum atomic E-state index is 12.7. The molecule has 1 N–H and O–H groups in total.